The highest BCUT2D eigenvalue weighted by atomic mass is 32.1. The Balaban J connectivity index is 1.70. The fraction of sp³-hybridized carbons (Fsp3) is 0.421. The number of hydrogen-bond acceptors (Lipinski definition) is 6. The van der Waals surface area contributed by atoms with Crippen LogP contribution in [0.4, 0.5) is 14.5 Å². The van der Waals surface area contributed by atoms with Crippen molar-refractivity contribution in [2.45, 2.75) is 31.3 Å². The van der Waals surface area contributed by atoms with Gasteiger partial charge in [-0.15, -0.1) is 0 Å². The summed E-state index contributed by atoms with van der Waals surface area (Å²) in [5, 5.41) is 2.54. The molecular formula is C19H19F2N5O3S. The van der Waals surface area contributed by atoms with E-state index in [1.807, 2.05) is 0 Å². The molecular weight excluding hydrogens is 416 g/mol. The van der Waals surface area contributed by atoms with E-state index in [-0.39, 0.29) is 53.1 Å². The van der Waals surface area contributed by atoms with Gasteiger partial charge in [0.1, 0.15) is 21.7 Å². The molecule has 3 aromatic rings. The lowest BCUT2D eigenvalue weighted by atomic mass is 10.1. The van der Waals surface area contributed by atoms with E-state index >= 15 is 8.78 Å². The van der Waals surface area contributed by atoms with Crippen molar-refractivity contribution in [1.82, 2.24) is 14.3 Å². The lowest BCUT2D eigenvalue weighted by molar-refractivity contribution is -0.120. The van der Waals surface area contributed by atoms with Gasteiger partial charge in [-0.25, -0.2) is 8.78 Å². The van der Waals surface area contributed by atoms with Crippen molar-refractivity contribution in [3.05, 3.63) is 38.3 Å². The van der Waals surface area contributed by atoms with Crippen LogP contribution in [0.2, 0.25) is 0 Å². The monoisotopic (exact) mass is 435 g/mol. The Morgan fingerprint density at radius 3 is 2.77 bits per heavy atom. The predicted molar refractivity (Wildman–Crippen MR) is 110 cm³/mol. The van der Waals surface area contributed by atoms with Crippen molar-refractivity contribution in [3.63, 3.8) is 0 Å². The first-order valence-corrected chi connectivity index (χ1v) is 10.5. The van der Waals surface area contributed by atoms with Crippen LogP contribution < -0.4 is 26.9 Å². The number of carbonyl (C=O) groups is 1. The Labute approximate surface area is 172 Å². The SMILES string of the molecule is NCC(=O)NC1CCN(c2c(F)cc3c(=O)c4c(=O)[nH]sc4n(C4CC4)c3c2F)C1. The minimum atomic E-state index is -0.865. The van der Waals surface area contributed by atoms with Crippen LogP contribution in [0, 0.1) is 11.6 Å². The Hall–Kier alpha value is -2.79. The van der Waals surface area contributed by atoms with Gasteiger partial charge in [-0.3, -0.25) is 18.8 Å². The second-order valence-electron chi connectivity index (χ2n) is 7.76. The molecule has 0 radical (unpaired) electrons. The number of H-pyrrole nitrogens is 1. The van der Waals surface area contributed by atoms with Crippen molar-refractivity contribution < 1.29 is 13.6 Å². The van der Waals surface area contributed by atoms with Crippen LogP contribution in [-0.2, 0) is 4.79 Å². The Kier molecular flexibility index (Phi) is 4.40. The minimum absolute atomic E-state index is 0.0242. The number of halogens is 2. The Morgan fingerprint density at radius 1 is 1.30 bits per heavy atom. The van der Waals surface area contributed by atoms with Gasteiger partial charge >= 0.3 is 0 Å². The molecule has 1 aliphatic carbocycles. The number of nitrogens with one attached hydrogen (secondary N) is 2. The van der Waals surface area contributed by atoms with Gasteiger partial charge in [0.05, 0.1) is 17.4 Å². The zero-order chi connectivity index (χ0) is 21.2. The predicted octanol–water partition coefficient (Wildman–Crippen LogP) is 1.17. The van der Waals surface area contributed by atoms with Crippen LogP contribution in [0.25, 0.3) is 21.1 Å². The largest absolute Gasteiger partial charge is 0.365 e. The van der Waals surface area contributed by atoms with E-state index < -0.39 is 22.6 Å². The number of anilines is 1. The van der Waals surface area contributed by atoms with E-state index in [1.54, 1.807) is 4.57 Å². The molecule has 1 amide bonds. The standard InChI is InChI=1S/C19H19F2N5O3S/c20-11-5-10-15(14(21)16(11)25-4-3-8(7-25)23-12(27)6-22)26(9-1-2-9)19-13(17(10)28)18(29)24-30-19/h5,8-9H,1-4,6-7,22H2,(H,23,27)(H,24,29). The maximum Gasteiger partial charge on any atom is 0.271 e. The number of fused-ring (bicyclic) bond motifs is 2. The van der Waals surface area contributed by atoms with Crippen LogP contribution in [0.1, 0.15) is 25.3 Å². The van der Waals surface area contributed by atoms with Gasteiger partial charge < -0.3 is 20.5 Å². The van der Waals surface area contributed by atoms with E-state index in [2.05, 4.69) is 9.69 Å². The third-order valence-electron chi connectivity index (χ3n) is 5.75. The van der Waals surface area contributed by atoms with Crippen LogP contribution >= 0.6 is 11.5 Å². The molecule has 1 saturated heterocycles. The molecule has 0 bridgehead atoms. The zero-order valence-electron chi connectivity index (χ0n) is 15.8. The topological polar surface area (TPSA) is 113 Å². The summed E-state index contributed by atoms with van der Waals surface area (Å²) in [6, 6.07) is 0.723. The van der Waals surface area contributed by atoms with Crippen LogP contribution in [0.15, 0.2) is 15.7 Å². The molecule has 11 heteroatoms. The maximum atomic E-state index is 15.8. The first-order valence-electron chi connectivity index (χ1n) is 9.72. The van der Waals surface area contributed by atoms with Crippen LogP contribution in [-0.4, -0.2) is 40.5 Å². The summed E-state index contributed by atoms with van der Waals surface area (Å²) in [7, 11) is 0. The van der Waals surface area contributed by atoms with Crippen molar-refractivity contribution in [1.29, 1.82) is 0 Å². The van der Waals surface area contributed by atoms with Crippen molar-refractivity contribution >= 4 is 44.2 Å². The van der Waals surface area contributed by atoms with Gasteiger partial charge in [-0.05, 0) is 36.9 Å². The minimum Gasteiger partial charge on any atom is -0.365 e. The molecule has 8 nitrogen and oxygen atoms in total. The summed E-state index contributed by atoms with van der Waals surface area (Å²) >= 11 is 0.991. The third-order valence-corrected chi connectivity index (χ3v) is 6.63. The van der Waals surface area contributed by atoms with Crippen LogP contribution in [0.3, 0.4) is 0 Å². The number of aromatic amines is 1. The van der Waals surface area contributed by atoms with E-state index in [9.17, 15) is 14.4 Å². The third kappa shape index (κ3) is 2.83. The van der Waals surface area contributed by atoms with Gasteiger partial charge in [0.2, 0.25) is 11.3 Å². The van der Waals surface area contributed by atoms with Crippen molar-refractivity contribution in [2.24, 2.45) is 5.73 Å². The zero-order valence-corrected chi connectivity index (χ0v) is 16.7. The van der Waals surface area contributed by atoms with Gasteiger partial charge in [0, 0.05) is 25.2 Å². The summed E-state index contributed by atoms with van der Waals surface area (Å²) in [6.07, 6.45) is 2.11. The highest BCUT2D eigenvalue weighted by Crippen LogP contribution is 2.42. The lowest BCUT2D eigenvalue weighted by Gasteiger charge is -2.22. The fourth-order valence-electron chi connectivity index (χ4n) is 4.25. The summed E-state index contributed by atoms with van der Waals surface area (Å²) in [6.45, 7) is 0.430. The summed E-state index contributed by atoms with van der Waals surface area (Å²) in [5.41, 5.74) is 3.91. The number of hydrogen-bond donors (Lipinski definition) is 3. The number of amides is 1. The van der Waals surface area contributed by atoms with Gasteiger partial charge in [-0.2, -0.15) is 0 Å². The average Bonchev–Trinajstić information content (AvgIpc) is 3.33. The van der Waals surface area contributed by atoms with Crippen molar-refractivity contribution in [2.75, 3.05) is 24.5 Å². The first kappa shape index (κ1) is 19.2. The number of nitrogens with zero attached hydrogens (tertiary/aromatic N) is 2. The van der Waals surface area contributed by atoms with Crippen molar-refractivity contribution in [3.8, 4) is 0 Å². The molecule has 5 rings (SSSR count). The second kappa shape index (κ2) is 6.88. The lowest BCUT2D eigenvalue weighted by Crippen LogP contribution is -2.40. The fourth-order valence-corrected chi connectivity index (χ4v) is 5.16. The quantitative estimate of drug-likeness (QED) is 0.570. The molecule has 4 N–H and O–H groups in total. The van der Waals surface area contributed by atoms with E-state index in [4.69, 9.17) is 5.73 Å². The maximum absolute atomic E-state index is 15.8. The van der Waals surface area contributed by atoms with Gasteiger partial charge in [0.15, 0.2) is 5.82 Å². The summed E-state index contributed by atoms with van der Waals surface area (Å²) in [5.74, 6) is -2.01. The number of nitrogens with two attached hydrogens (primary N) is 1. The molecule has 30 heavy (non-hydrogen) atoms. The molecule has 1 aliphatic heterocycles. The summed E-state index contributed by atoms with van der Waals surface area (Å²) < 4.78 is 35.0. The molecule has 1 unspecified atom stereocenters. The number of rotatable bonds is 4. The first-order chi connectivity index (χ1) is 14.4. The number of benzene rings is 1. The molecule has 3 heterocycles. The van der Waals surface area contributed by atoms with Gasteiger partial charge in [-0.1, -0.05) is 0 Å². The highest BCUT2D eigenvalue weighted by Gasteiger charge is 2.34. The normalized spacial score (nSPS) is 19.2. The number of aromatic nitrogens is 2. The number of pyridine rings is 1. The van der Waals surface area contributed by atoms with E-state index in [0.29, 0.717) is 17.8 Å². The molecule has 1 atom stereocenters. The molecule has 1 saturated carbocycles. The van der Waals surface area contributed by atoms with Gasteiger partial charge in [0.25, 0.3) is 5.56 Å². The van der Waals surface area contributed by atoms with Crippen LogP contribution in [0.5, 0.6) is 0 Å². The van der Waals surface area contributed by atoms with E-state index in [0.717, 1.165) is 30.4 Å². The Bertz CT molecular complexity index is 1310. The highest BCUT2D eigenvalue weighted by molar-refractivity contribution is 7.12. The smallest absolute Gasteiger partial charge is 0.271 e. The Morgan fingerprint density at radius 2 is 2.07 bits per heavy atom. The molecule has 2 aromatic heterocycles. The summed E-state index contributed by atoms with van der Waals surface area (Å²) in [4.78, 5) is 38.5. The molecule has 2 aliphatic rings. The second-order valence-corrected chi connectivity index (χ2v) is 8.56. The molecule has 158 valence electrons. The molecule has 2 fully saturated rings. The molecule has 1 aromatic carbocycles. The molecule has 0 spiro atoms. The van der Waals surface area contributed by atoms with E-state index in [1.165, 1.54) is 4.90 Å². The average molecular weight is 435 g/mol. The number of carbonyl (C=O) groups excluding carboxylic acids is 1.